The van der Waals surface area contributed by atoms with Crippen molar-refractivity contribution >= 4 is 0 Å². The monoisotopic (exact) mass is 525 g/mol. The molecule has 1 unspecified atom stereocenters. The van der Waals surface area contributed by atoms with Crippen molar-refractivity contribution in [3.63, 3.8) is 0 Å². The highest BCUT2D eigenvalue weighted by Crippen LogP contribution is 2.14. The first kappa shape index (κ1) is 36.9. The molecular weight excluding hydrogens is 452 g/mol. The van der Waals surface area contributed by atoms with Crippen LogP contribution in [-0.2, 0) is 9.47 Å². The topological polar surface area (TPSA) is 18.5 Å². The summed E-state index contributed by atoms with van der Waals surface area (Å²) in [4.78, 5) is 0. The van der Waals surface area contributed by atoms with Gasteiger partial charge in [-0.15, -0.1) is 0 Å². The standard InChI is InChI=1S/C35H72O2/c1-4-6-8-10-12-14-16-18-20-22-24-26-28-30-32-36-34-35(3)37-33-31-29-27-25-23-21-19-17-15-13-11-9-7-5-2/h35H,4-34H2,1-3H3. The highest BCUT2D eigenvalue weighted by molar-refractivity contribution is 4.52. The first-order valence-electron chi connectivity index (χ1n) is 17.5. The second kappa shape index (κ2) is 33.9. The normalized spacial score (nSPS) is 12.4. The summed E-state index contributed by atoms with van der Waals surface area (Å²) in [6.07, 6.45) is 39.7. The number of rotatable bonds is 33. The maximum atomic E-state index is 5.95. The van der Waals surface area contributed by atoms with Gasteiger partial charge in [-0.3, -0.25) is 0 Å². The Bertz CT molecular complexity index is 383. The Morgan fingerprint density at radius 2 is 0.622 bits per heavy atom. The molecule has 1 atom stereocenters. The van der Waals surface area contributed by atoms with Gasteiger partial charge in [-0.2, -0.15) is 0 Å². The Balaban J connectivity index is 3.13. The lowest BCUT2D eigenvalue weighted by Crippen LogP contribution is -2.17. The minimum atomic E-state index is 0.244. The molecule has 0 spiro atoms. The molecule has 0 aliphatic heterocycles. The highest BCUT2D eigenvalue weighted by atomic mass is 16.5. The fourth-order valence-corrected chi connectivity index (χ4v) is 5.28. The van der Waals surface area contributed by atoms with Crippen LogP contribution in [0.2, 0.25) is 0 Å². The predicted molar refractivity (Wildman–Crippen MR) is 167 cm³/mol. The average Bonchev–Trinajstić information content (AvgIpc) is 2.90. The van der Waals surface area contributed by atoms with Crippen molar-refractivity contribution in [3.8, 4) is 0 Å². The average molecular weight is 525 g/mol. The Hall–Kier alpha value is -0.0800. The van der Waals surface area contributed by atoms with Crippen LogP contribution in [0, 0.1) is 0 Å². The number of ether oxygens (including phenoxy) is 2. The molecule has 2 heteroatoms. The molecule has 0 aliphatic carbocycles. The van der Waals surface area contributed by atoms with Crippen molar-refractivity contribution in [2.24, 2.45) is 0 Å². The van der Waals surface area contributed by atoms with Crippen molar-refractivity contribution in [3.05, 3.63) is 0 Å². The zero-order valence-corrected chi connectivity index (χ0v) is 26.3. The summed E-state index contributed by atoms with van der Waals surface area (Å²) in [7, 11) is 0. The highest BCUT2D eigenvalue weighted by Gasteiger charge is 2.02. The molecule has 0 saturated heterocycles. The van der Waals surface area contributed by atoms with Gasteiger partial charge in [-0.05, 0) is 19.8 Å². The van der Waals surface area contributed by atoms with Crippen LogP contribution in [0.1, 0.15) is 201 Å². The van der Waals surface area contributed by atoms with Gasteiger partial charge in [0.25, 0.3) is 0 Å². The number of unbranched alkanes of at least 4 members (excludes halogenated alkanes) is 26. The van der Waals surface area contributed by atoms with Crippen molar-refractivity contribution in [1.82, 2.24) is 0 Å². The fourth-order valence-electron chi connectivity index (χ4n) is 5.28. The number of hydrogen-bond donors (Lipinski definition) is 0. The van der Waals surface area contributed by atoms with Crippen molar-refractivity contribution in [1.29, 1.82) is 0 Å². The van der Waals surface area contributed by atoms with E-state index in [1.165, 1.54) is 180 Å². The van der Waals surface area contributed by atoms with Gasteiger partial charge >= 0.3 is 0 Å². The maximum Gasteiger partial charge on any atom is 0.0780 e. The third-order valence-electron chi connectivity index (χ3n) is 7.90. The lowest BCUT2D eigenvalue weighted by atomic mass is 10.0. The molecule has 0 rings (SSSR count). The van der Waals surface area contributed by atoms with Crippen molar-refractivity contribution < 1.29 is 9.47 Å². The van der Waals surface area contributed by atoms with Crippen LogP contribution in [0.15, 0.2) is 0 Å². The van der Waals surface area contributed by atoms with Crippen LogP contribution in [0.25, 0.3) is 0 Å². The van der Waals surface area contributed by atoms with Crippen LogP contribution >= 0.6 is 0 Å². The van der Waals surface area contributed by atoms with Crippen molar-refractivity contribution in [2.45, 2.75) is 207 Å². The summed E-state index contributed by atoms with van der Waals surface area (Å²) in [6, 6.07) is 0. The molecule has 0 aromatic heterocycles. The zero-order valence-electron chi connectivity index (χ0n) is 26.3. The van der Waals surface area contributed by atoms with Gasteiger partial charge in [-0.25, -0.2) is 0 Å². The summed E-state index contributed by atoms with van der Waals surface area (Å²) < 4.78 is 11.8. The van der Waals surface area contributed by atoms with E-state index in [9.17, 15) is 0 Å². The van der Waals surface area contributed by atoms with Crippen LogP contribution < -0.4 is 0 Å². The quantitative estimate of drug-likeness (QED) is 0.0794. The molecule has 2 nitrogen and oxygen atoms in total. The van der Waals surface area contributed by atoms with E-state index in [0.717, 1.165) is 19.8 Å². The summed E-state index contributed by atoms with van der Waals surface area (Å²) in [6.45, 7) is 9.33. The van der Waals surface area contributed by atoms with Crippen LogP contribution in [-0.4, -0.2) is 25.9 Å². The van der Waals surface area contributed by atoms with E-state index in [1.807, 2.05) is 0 Å². The lowest BCUT2D eigenvalue weighted by Gasteiger charge is -2.13. The van der Waals surface area contributed by atoms with Gasteiger partial charge in [0.15, 0.2) is 0 Å². The Kier molecular flexibility index (Phi) is 33.9. The minimum Gasteiger partial charge on any atom is -0.379 e. The van der Waals surface area contributed by atoms with E-state index >= 15 is 0 Å². The molecule has 0 saturated carbocycles. The third kappa shape index (κ3) is 33.9. The second-order valence-corrected chi connectivity index (χ2v) is 11.9. The molecular formula is C35H72O2. The van der Waals surface area contributed by atoms with E-state index in [1.54, 1.807) is 0 Å². The molecule has 0 aliphatic rings. The van der Waals surface area contributed by atoms with Crippen molar-refractivity contribution in [2.75, 3.05) is 19.8 Å². The summed E-state index contributed by atoms with van der Waals surface area (Å²) in [5.74, 6) is 0. The van der Waals surface area contributed by atoms with Gasteiger partial charge < -0.3 is 9.47 Å². The van der Waals surface area contributed by atoms with Gasteiger partial charge in [0.2, 0.25) is 0 Å². The van der Waals surface area contributed by atoms with Crippen LogP contribution in [0.3, 0.4) is 0 Å². The minimum absolute atomic E-state index is 0.244. The first-order valence-corrected chi connectivity index (χ1v) is 17.5. The molecule has 37 heavy (non-hydrogen) atoms. The molecule has 0 amide bonds. The van der Waals surface area contributed by atoms with E-state index < -0.39 is 0 Å². The Morgan fingerprint density at radius 1 is 0.351 bits per heavy atom. The molecule has 0 aromatic rings. The molecule has 0 N–H and O–H groups in total. The van der Waals surface area contributed by atoms with E-state index in [0.29, 0.717) is 0 Å². The third-order valence-corrected chi connectivity index (χ3v) is 7.90. The molecule has 0 aromatic carbocycles. The molecule has 0 radical (unpaired) electrons. The second-order valence-electron chi connectivity index (χ2n) is 11.9. The fraction of sp³-hybridized carbons (Fsp3) is 1.00. The maximum absolute atomic E-state index is 5.95. The Labute approximate surface area is 235 Å². The zero-order chi connectivity index (χ0) is 26.9. The summed E-state index contributed by atoms with van der Waals surface area (Å²) in [5.41, 5.74) is 0. The van der Waals surface area contributed by atoms with Gasteiger partial charge in [0, 0.05) is 13.2 Å². The van der Waals surface area contributed by atoms with E-state index in [2.05, 4.69) is 20.8 Å². The van der Waals surface area contributed by atoms with E-state index in [4.69, 9.17) is 9.47 Å². The van der Waals surface area contributed by atoms with Gasteiger partial charge in [-0.1, -0.05) is 181 Å². The number of hydrogen-bond acceptors (Lipinski definition) is 2. The SMILES string of the molecule is CCCCCCCCCCCCCCCCOCC(C)OCCCCCCCCCCCCCCCC. The Morgan fingerprint density at radius 3 is 0.946 bits per heavy atom. The largest absolute Gasteiger partial charge is 0.379 e. The van der Waals surface area contributed by atoms with E-state index in [-0.39, 0.29) is 6.10 Å². The summed E-state index contributed by atoms with van der Waals surface area (Å²) >= 11 is 0. The molecule has 224 valence electrons. The summed E-state index contributed by atoms with van der Waals surface area (Å²) in [5, 5.41) is 0. The molecule has 0 bridgehead atoms. The first-order chi connectivity index (χ1) is 18.3. The lowest BCUT2D eigenvalue weighted by molar-refractivity contribution is -0.00869. The molecule has 0 heterocycles. The van der Waals surface area contributed by atoms with Gasteiger partial charge in [0.1, 0.15) is 0 Å². The van der Waals surface area contributed by atoms with Crippen LogP contribution in [0.5, 0.6) is 0 Å². The molecule has 0 fully saturated rings. The predicted octanol–water partition coefficient (Wildman–Crippen LogP) is 12.4. The van der Waals surface area contributed by atoms with Crippen LogP contribution in [0.4, 0.5) is 0 Å². The van der Waals surface area contributed by atoms with Gasteiger partial charge in [0.05, 0.1) is 12.7 Å². The smallest absolute Gasteiger partial charge is 0.0780 e.